The zero-order valence-corrected chi connectivity index (χ0v) is 10.5. The quantitative estimate of drug-likeness (QED) is 0.772. The Hall–Kier alpha value is -2.36. The van der Waals surface area contributed by atoms with Crippen LogP contribution in [0, 0.1) is 0 Å². The van der Waals surface area contributed by atoms with Crippen LogP contribution in [0.3, 0.4) is 0 Å². The Kier molecular flexibility index (Phi) is 2.71. The minimum atomic E-state index is -0.941. The van der Waals surface area contributed by atoms with E-state index in [2.05, 4.69) is 4.98 Å². The van der Waals surface area contributed by atoms with Crippen LogP contribution in [0.25, 0.3) is 0 Å². The van der Waals surface area contributed by atoms with Crippen molar-refractivity contribution in [3.05, 3.63) is 59.9 Å². The van der Waals surface area contributed by atoms with Crippen LogP contribution >= 0.6 is 0 Å². The predicted molar refractivity (Wildman–Crippen MR) is 68.7 cm³/mol. The average Bonchev–Trinajstić information content (AvgIpc) is 2.80. The molecule has 1 aliphatic heterocycles. The van der Waals surface area contributed by atoms with Gasteiger partial charge in [-0.05, 0) is 18.2 Å². The summed E-state index contributed by atoms with van der Waals surface area (Å²) in [4.78, 5) is 15.8. The molecule has 0 radical (unpaired) electrons. The van der Waals surface area contributed by atoms with Crippen LogP contribution in [0.15, 0.2) is 48.7 Å². The molecule has 2 aromatic rings. The van der Waals surface area contributed by atoms with Gasteiger partial charge in [-0.1, -0.05) is 24.3 Å². The summed E-state index contributed by atoms with van der Waals surface area (Å²) in [6.45, 7) is 1.65. The number of pyridine rings is 1. The molecule has 0 N–H and O–H groups in total. The lowest BCUT2D eigenvalue weighted by Gasteiger charge is -2.26. The van der Waals surface area contributed by atoms with Crippen molar-refractivity contribution in [2.75, 3.05) is 6.61 Å². The van der Waals surface area contributed by atoms with Gasteiger partial charge in [-0.2, -0.15) is 0 Å². The zero-order valence-electron chi connectivity index (χ0n) is 10.5. The summed E-state index contributed by atoms with van der Waals surface area (Å²) >= 11 is 0. The van der Waals surface area contributed by atoms with Gasteiger partial charge in [0.15, 0.2) is 0 Å². The van der Waals surface area contributed by atoms with Crippen LogP contribution in [0.1, 0.15) is 18.2 Å². The summed E-state index contributed by atoms with van der Waals surface area (Å²) in [5.41, 5.74) is 0.572. The highest BCUT2D eigenvalue weighted by atomic mass is 16.6. The molecule has 1 aliphatic rings. The summed E-state index contributed by atoms with van der Waals surface area (Å²) in [6, 6.07) is 13.1. The Balaban J connectivity index is 2.17. The molecule has 1 atom stereocenters. The third-order valence-corrected chi connectivity index (χ3v) is 3.15. The summed E-state index contributed by atoms with van der Waals surface area (Å²) in [6.07, 6.45) is 1.68. The summed E-state index contributed by atoms with van der Waals surface area (Å²) in [5, 5.41) is 0. The van der Waals surface area contributed by atoms with E-state index in [-0.39, 0.29) is 12.6 Å². The first-order chi connectivity index (χ1) is 9.22. The van der Waals surface area contributed by atoms with E-state index in [1.807, 2.05) is 42.5 Å². The highest BCUT2D eigenvalue weighted by molar-refractivity contribution is 5.68. The fourth-order valence-electron chi connectivity index (χ4n) is 2.38. The molecule has 0 unspecified atom stereocenters. The molecule has 0 saturated carbocycles. The molecule has 2 heterocycles. The lowest BCUT2D eigenvalue weighted by atomic mass is 9.91. The van der Waals surface area contributed by atoms with Crippen LogP contribution in [0.5, 0.6) is 5.75 Å². The van der Waals surface area contributed by atoms with Gasteiger partial charge < -0.3 is 9.47 Å². The van der Waals surface area contributed by atoms with Crippen molar-refractivity contribution < 1.29 is 14.3 Å². The number of fused-ring (bicyclic) bond motifs is 1. The van der Waals surface area contributed by atoms with Crippen LogP contribution in [-0.2, 0) is 15.1 Å². The number of benzene rings is 1. The molecule has 0 bridgehead atoms. The summed E-state index contributed by atoms with van der Waals surface area (Å²) in [7, 11) is 0. The molecule has 0 fully saturated rings. The fraction of sp³-hybridized carbons (Fsp3) is 0.200. The van der Waals surface area contributed by atoms with Gasteiger partial charge in [-0.25, -0.2) is 0 Å². The van der Waals surface area contributed by atoms with Crippen molar-refractivity contribution in [1.82, 2.24) is 4.98 Å². The maximum atomic E-state index is 11.5. The van der Waals surface area contributed by atoms with Crippen molar-refractivity contribution >= 4 is 5.97 Å². The van der Waals surface area contributed by atoms with E-state index >= 15 is 0 Å². The molecule has 4 heteroatoms. The Morgan fingerprint density at radius 1 is 1.26 bits per heavy atom. The molecule has 19 heavy (non-hydrogen) atoms. The number of aromatic nitrogens is 1. The highest BCUT2D eigenvalue weighted by Crippen LogP contribution is 2.43. The number of esters is 1. The standard InChI is InChI=1S/C15H13NO3/c1-11(17)19-15(14-8-4-5-9-16-14)10-18-13-7-3-2-6-12(13)15/h2-9H,10H2,1H3/t15-/m0/s1. The van der Waals surface area contributed by atoms with E-state index in [9.17, 15) is 4.79 Å². The molecule has 96 valence electrons. The van der Waals surface area contributed by atoms with Gasteiger partial charge >= 0.3 is 5.97 Å². The van der Waals surface area contributed by atoms with Gasteiger partial charge in [0.25, 0.3) is 0 Å². The van der Waals surface area contributed by atoms with E-state index < -0.39 is 5.60 Å². The third-order valence-electron chi connectivity index (χ3n) is 3.15. The molecule has 3 rings (SSSR count). The van der Waals surface area contributed by atoms with E-state index in [1.165, 1.54) is 6.92 Å². The Labute approximate surface area is 111 Å². The topological polar surface area (TPSA) is 48.4 Å². The van der Waals surface area contributed by atoms with Gasteiger partial charge in [-0.3, -0.25) is 9.78 Å². The van der Waals surface area contributed by atoms with Gasteiger partial charge in [0, 0.05) is 18.7 Å². The lowest BCUT2D eigenvalue weighted by molar-refractivity contribution is -0.155. The Bertz CT molecular complexity index is 612. The second-order valence-corrected chi connectivity index (χ2v) is 4.42. The maximum absolute atomic E-state index is 11.5. The number of rotatable bonds is 2. The Morgan fingerprint density at radius 2 is 2.05 bits per heavy atom. The minimum Gasteiger partial charge on any atom is -0.488 e. The van der Waals surface area contributed by atoms with E-state index in [1.54, 1.807) is 6.20 Å². The minimum absolute atomic E-state index is 0.253. The fourth-order valence-corrected chi connectivity index (χ4v) is 2.38. The molecular weight excluding hydrogens is 242 g/mol. The van der Waals surface area contributed by atoms with Gasteiger partial charge in [-0.15, -0.1) is 0 Å². The SMILES string of the molecule is CC(=O)O[C@@]1(c2ccccn2)COc2ccccc21. The normalized spacial score (nSPS) is 20.5. The first kappa shape index (κ1) is 11.7. The van der Waals surface area contributed by atoms with Crippen molar-refractivity contribution in [3.63, 3.8) is 0 Å². The number of nitrogens with zero attached hydrogens (tertiary/aromatic N) is 1. The number of carbonyl (C=O) groups excluding carboxylic acids is 1. The highest BCUT2D eigenvalue weighted by Gasteiger charge is 2.46. The third kappa shape index (κ3) is 1.85. The molecular formula is C15H13NO3. The van der Waals surface area contributed by atoms with Crippen LogP contribution in [0.4, 0.5) is 0 Å². The predicted octanol–water partition coefficient (Wildman–Crippen LogP) is 2.28. The molecule has 0 spiro atoms. The first-order valence-electron chi connectivity index (χ1n) is 6.06. The van der Waals surface area contributed by atoms with E-state index in [4.69, 9.17) is 9.47 Å². The Morgan fingerprint density at radius 3 is 2.79 bits per heavy atom. The zero-order chi connectivity index (χ0) is 13.3. The second kappa shape index (κ2) is 4.39. The van der Waals surface area contributed by atoms with Crippen LogP contribution in [0.2, 0.25) is 0 Å². The lowest BCUT2D eigenvalue weighted by Crippen LogP contribution is -2.35. The van der Waals surface area contributed by atoms with Gasteiger partial charge in [0.05, 0.1) is 5.69 Å². The van der Waals surface area contributed by atoms with Gasteiger partial charge in [0.1, 0.15) is 12.4 Å². The van der Waals surface area contributed by atoms with Crippen molar-refractivity contribution in [3.8, 4) is 5.75 Å². The monoisotopic (exact) mass is 255 g/mol. The van der Waals surface area contributed by atoms with Crippen LogP contribution < -0.4 is 4.74 Å². The number of carbonyl (C=O) groups is 1. The van der Waals surface area contributed by atoms with E-state index in [0.717, 1.165) is 11.3 Å². The van der Waals surface area contributed by atoms with Crippen molar-refractivity contribution in [1.29, 1.82) is 0 Å². The summed E-state index contributed by atoms with van der Waals surface area (Å²) < 4.78 is 11.2. The molecule has 4 nitrogen and oxygen atoms in total. The first-order valence-corrected chi connectivity index (χ1v) is 6.06. The number of hydrogen-bond acceptors (Lipinski definition) is 4. The van der Waals surface area contributed by atoms with Crippen molar-refractivity contribution in [2.45, 2.75) is 12.5 Å². The smallest absolute Gasteiger partial charge is 0.304 e. The average molecular weight is 255 g/mol. The van der Waals surface area contributed by atoms with Crippen LogP contribution in [-0.4, -0.2) is 17.6 Å². The number of hydrogen-bond donors (Lipinski definition) is 0. The molecule has 1 aromatic carbocycles. The number of para-hydroxylation sites is 1. The molecule has 0 amide bonds. The second-order valence-electron chi connectivity index (χ2n) is 4.42. The number of ether oxygens (including phenoxy) is 2. The largest absolute Gasteiger partial charge is 0.488 e. The molecule has 0 saturated heterocycles. The summed E-state index contributed by atoms with van der Waals surface area (Å²) in [5.74, 6) is 0.375. The molecule has 0 aliphatic carbocycles. The van der Waals surface area contributed by atoms with E-state index in [0.29, 0.717) is 5.69 Å². The molecule has 1 aromatic heterocycles. The van der Waals surface area contributed by atoms with Crippen molar-refractivity contribution in [2.24, 2.45) is 0 Å². The maximum Gasteiger partial charge on any atom is 0.304 e. The van der Waals surface area contributed by atoms with Gasteiger partial charge in [0.2, 0.25) is 5.60 Å².